The number of sulfonamides is 2. The number of anilines is 1. The van der Waals surface area contributed by atoms with Gasteiger partial charge in [-0.3, -0.25) is 4.72 Å². The highest BCUT2D eigenvalue weighted by atomic mass is 32.2. The molecule has 0 radical (unpaired) electrons. The molecule has 0 atom stereocenters. The van der Waals surface area contributed by atoms with Crippen LogP contribution < -0.4 is 9.44 Å². The molecule has 0 bridgehead atoms. The lowest BCUT2D eigenvalue weighted by Crippen LogP contribution is -2.23. The molecule has 2 N–H and O–H groups in total. The molecule has 2 rings (SSSR count). The van der Waals surface area contributed by atoms with E-state index in [1.54, 1.807) is 19.1 Å². The molecule has 0 aliphatic heterocycles. The summed E-state index contributed by atoms with van der Waals surface area (Å²) in [5, 5.41) is 0. The molecule has 0 aromatic heterocycles. The smallest absolute Gasteiger partial charge is 0.261 e. The third kappa shape index (κ3) is 5.30. The number of unbranched alkanes of at least 4 members (excludes halogenated alkanes) is 1. The highest BCUT2D eigenvalue weighted by molar-refractivity contribution is 7.92. The Labute approximate surface area is 155 Å². The first-order chi connectivity index (χ1) is 12.3. The van der Waals surface area contributed by atoms with Gasteiger partial charge in [0.2, 0.25) is 10.0 Å². The normalized spacial score (nSPS) is 12.1. The lowest BCUT2D eigenvalue weighted by molar-refractivity contribution is 0.584. The molecule has 26 heavy (non-hydrogen) atoms. The number of hydrogen-bond acceptors (Lipinski definition) is 4. The number of rotatable bonds is 9. The van der Waals surface area contributed by atoms with Crippen molar-refractivity contribution in [1.29, 1.82) is 0 Å². The lowest BCUT2D eigenvalue weighted by atomic mass is 10.1. The number of hydrogen-bond donors (Lipinski definition) is 2. The lowest BCUT2D eigenvalue weighted by Gasteiger charge is -2.10. The SMILES string of the molecule is CCCCc1ccc(S(=O)(=O)Nc2ccc(S(=O)(=O)NCC)cc2)cc1. The fourth-order valence-corrected chi connectivity index (χ4v) is 4.51. The van der Waals surface area contributed by atoms with Crippen molar-refractivity contribution in [2.75, 3.05) is 11.3 Å². The van der Waals surface area contributed by atoms with E-state index in [4.69, 9.17) is 0 Å². The molecule has 0 heterocycles. The summed E-state index contributed by atoms with van der Waals surface area (Å²) < 4.78 is 53.6. The van der Waals surface area contributed by atoms with E-state index >= 15 is 0 Å². The van der Waals surface area contributed by atoms with Crippen LogP contribution in [0.15, 0.2) is 58.3 Å². The summed E-state index contributed by atoms with van der Waals surface area (Å²) >= 11 is 0. The number of nitrogens with one attached hydrogen (secondary N) is 2. The predicted octanol–water partition coefficient (Wildman–Crippen LogP) is 3.13. The predicted molar refractivity (Wildman–Crippen MR) is 103 cm³/mol. The standard InChI is InChI=1S/C18H24N2O4S2/c1-3-5-6-15-7-11-18(12-8-15)26(23,24)20-16-9-13-17(14-10-16)25(21,22)19-4-2/h7-14,19-20H,3-6H2,1-2H3. The fourth-order valence-electron chi connectivity index (χ4n) is 2.41. The summed E-state index contributed by atoms with van der Waals surface area (Å²) in [4.78, 5) is 0.254. The largest absolute Gasteiger partial charge is 0.280 e. The molecule has 2 aromatic rings. The topological polar surface area (TPSA) is 92.3 Å². The Morgan fingerprint density at radius 3 is 1.85 bits per heavy atom. The van der Waals surface area contributed by atoms with Gasteiger partial charge in [0.05, 0.1) is 9.79 Å². The molecule has 142 valence electrons. The van der Waals surface area contributed by atoms with Crippen LogP contribution in [0.2, 0.25) is 0 Å². The molecular weight excluding hydrogens is 372 g/mol. The summed E-state index contributed by atoms with van der Waals surface area (Å²) in [7, 11) is -7.29. The zero-order valence-corrected chi connectivity index (χ0v) is 16.5. The average molecular weight is 397 g/mol. The van der Waals surface area contributed by atoms with Gasteiger partial charge in [0.1, 0.15) is 0 Å². The van der Waals surface area contributed by atoms with Gasteiger partial charge >= 0.3 is 0 Å². The first kappa shape index (κ1) is 20.4. The quantitative estimate of drug-likeness (QED) is 0.681. The Kier molecular flexibility index (Phi) is 6.80. The maximum atomic E-state index is 12.5. The van der Waals surface area contributed by atoms with Crippen LogP contribution in [0.5, 0.6) is 0 Å². The van der Waals surface area contributed by atoms with Crippen LogP contribution in [0.25, 0.3) is 0 Å². The van der Waals surface area contributed by atoms with Gasteiger partial charge in [-0.25, -0.2) is 21.6 Å². The average Bonchev–Trinajstić information content (AvgIpc) is 2.60. The zero-order valence-electron chi connectivity index (χ0n) is 14.9. The van der Waals surface area contributed by atoms with Gasteiger partial charge in [-0.2, -0.15) is 0 Å². The van der Waals surface area contributed by atoms with E-state index in [2.05, 4.69) is 16.4 Å². The maximum absolute atomic E-state index is 12.5. The van der Waals surface area contributed by atoms with Crippen LogP contribution in [0.4, 0.5) is 5.69 Å². The molecule has 0 saturated heterocycles. The summed E-state index contributed by atoms with van der Waals surface area (Å²) in [5.74, 6) is 0. The molecule has 0 unspecified atom stereocenters. The summed E-state index contributed by atoms with van der Waals surface area (Å²) in [6.45, 7) is 4.08. The van der Waals surface area contributed by atoms with Crippen LogP contribution in [0.3, 0.4) is 0 Å². The fraction of sp³-hybridized carbons (Fsp3) is 0.333. The molecule has 2 aromatic carbocycles. The Morgan fingerprint density at radius 1 is 0.769 bits per heavy atom. The molecule has 0 spiro atoms. The van der Waals surface area contributed by atoms with Crippen molar-refractivity contribution in [2.24, 2.45) is 0 Å². The zero-order chi connectivity index (χ0) is 19.2. The Hall–Kier alpha value is -1.90. The van der Waals surface area contributed by atoms with E-state index in [9.17, 15) is 16.8 Å². The summed E-state index contributed by atoms with van der Waals surface area (Å²) in [5.41, 5.74) is 1.40. The third-order valence-corrected chi connectivity index (χ3v) is 6.76. The monoisotopic (exact) mass is 396 g/mol. The first-order valence-corrected chi connectivity index (χ1v) is 11.5. The minimum absolute atomic E-state index is 0.0857. The van der Waals surface area contributed by atoms with Gasteiger partial charge < -0.3 is 0 Å². The molecular formula is C18H24N2O4S2. The minimum atomic E-state index is -3.72. The van der Waals surface area contributed by atoms with Gasteiger partial charge in [-0.05, 0) is 54.8 Å². The number of aryl methyl sites for hydroxylation is 1. The molecule has 6 nitrogen and oxygen atoms in total. The highest BCUT2D eigenvalue weighted by Crippen LogP contribution is 2.19. The molecule has 0 saturated carbocycles. The van der Waals surface area contributed by atoms with E-state index < -0.39 is 20.0 Å². The molecule has 0 aliphatic rings. The minimum Gasteiger partial charge on any atom is -0.280 e. The van der Waals surface area contributed by atoms with Crippen molar-refractivity contribution >= 4 is 25.7 Å². The highest BCUT2D eigenvalue weighted by Gasteiger charge is 2.16. The number of benzene rings is 2. The maximum Gasteiger partial charge on any atom is 0.261 e. The summed E-state index contributed by atoms with van der Waals surface area (Å²) in [6, 6.07) is 12.4. The van der Waals surface area contributed by atoms with Crippen molar-refractivity contribution in [3.8, 4) is 0 Å². The van der Waals surface area contributed by atoms with Crippen molar-refractivity contribution in [2.45, 2.75) is 42.9 Å². The van der Waals surface area contributed by atoms with E-state index in [0.717, 1.165) is 24.8 Å². The second-order valence-electron chi connectivity index (χ2n) is 5.88. The van der Waals surface area contributed by atoms with Crippen molar-refractivity contribution < 1.29 is 16.8 Å². The van der Waals surface area contributed by atoms with E-state index in [-0.39, 0.29) is 16.3 Å². The van der Waals surface area contributed by atoms with Gasteiger partial charge in [0, 0.05) is 12.2 Å². The molecule has 0 amide bonds. The van der Waals surface area contributed by atoms with Crippen molar-refractivity contribution in [1.82, 2.24) is 4.72 Å². The van der Waals surface area contributed by atoms with Gasteiger partial charge in [0.25, 0.3) is 10.0 Å². The van der Waals surface area contributed by atoms with Crippen LogP contribution in [-0.2, 0) is 26.5 Å². The van der Waals surface area contributed by atoms with Crippen LogP contribution in [0.1, 0.15) is 32.3 Å². The summed E-state index contributed by atoms with van der Waals surface area (Å²) in [6.07, 6.45) is 3.07. The van der Waals surface area contributed by atoms with Gasteiger partial charge in [-0.1, -0.05) is 32.4 Å². The van der Waals surface area contributed by atoms with Crippen LogP contribution >= 0.6 is 0 Å². The molecule has 8 heteroatoms. The van der Waals surface area contributed by atoms with Gasteiger partial charge in [-0.15, -0.1) is 0 Å². The van der Waals surface area contributed by atoms with E-state index in [1.807, 2.05) is 12.1 Å². The van der Waals surface area contributed by atoms with Crippen molar-refractivity contribution in [3.05, 3.63) is 54.1 Å². The Bertz CT molecular complexity index is 920. The molecule has 0 aliphatic carbocycles. The van der Waals surface area contributed by atoms with Crippen LogP contribution in [-0.4, -0.2) is 23.4 Å². The van der Waals surface area contributed by atoms with E-state index in [0.29, 0.717) is 5.69 Å². The van der Waals surface area contributed by atoms with Crippen molar-refractivity contribution in [3.63, 3.8) is 0 Å². The van der Waals surface area contributed by atoms with Crippen LogP contribution in [0, 0.1) is 0 Å². The molecule has 0 fully saturated rings. The first-order valence-electron chi connectivity index (χ1n) is 8.50. The Balaban J connectivity index is 2.14. The van der Waals surface area contributed by atoms with Gasteiger partial charge in [0.15, 0.2) is 0 Å². The second kappa shape index (κ2) is 8.66. The Morgan fingerprint density at radius 2 is 1.31 bits per heavy atom. The third-order valence-electron chi connectivity index (χ3n) is 3.80. The second-order valence-corrected chi connectivity index (χ2v) is 9.33. The van der Waals surface area contributed by atoms with E-state index in [1.165, 1.54) is 24.3 Å².